The van der Waals surface area contributed by atoms with Crippen molar-refractivity contribution in [1.29, 1.82) is 0 Å². The molecule has 0 aliphatic carbocycles. The number of piperidine rings is 1. The fourth-order valence-electron chi connectivity index (χ4n) is 2.16. The van der Waals surface area contributed by atoms with E-state index in [1.54, 1.807) is 6.33 Å². The molecule has 0 amide bonds. The second-order valence-electron chi connectivity index (χ2n) is 5.16. The Bertz CT molecular complexity index is 360. The van der Waals surface area contributed by atoms with E-state index in [0.29, 0.717) is 6.04 Å². The molecular weight excluding hydrogens is 226 g/mol. The maximum absolute atomic E-state index is 4.25. The fraction of sp³-hybridized carbons (Fsp3) is 0.692. The molecule has 1 fully saturated rings. The summed E-state index contributed by atoms with van der Waals surface area (Å²) in [6.07, 6.45) is 4.10. The lowest BCUT2D eigenvalue weighted by molar-refractivity contribution is 0.389. The van der Waals surface area contributed by atoms with Gasteiger partial charge in [0.15, 0.2) is 0 Å². The minimum atomic E-state index is 0.386. The first-order valence-electron chi connectivity index (χ1n) is 6.77. The first kappa shape index (κ1) is 13.1. The summed E-state index contributed by atoms with van der Waals surface area (Å²) in [5.74, 6) is 2.54. The van der Waals surface area contributed by atoms with Crippen LogP contribution in [-0.2, 0) is 0 Å². The Morgan fingerprint density at radius 2 is 2.00 bits per heavy atom. The zero-order chi connectivity index (χ0) is 12.8. The van der Waals surface area contributed by atoms with Crippen LogP contribution in [0.3, 0.4) is 0 Å². The standard InChI is InChI=1S/C13H23N5/c1-10(2)18-13-7-12(16-9-17-13)15-8-11-3-5-14-6-4-11/h7,9-11,14H,3-6,8H2,1-2H3,(H2,15,16,17,18). The van der Waals surface area contributed by atoms with Gasteiger partial charge in [0.05, 0.1) is 0 Å². The van der Waals surface area contributed by atoms with Gasteiger partial charge in [-0.1, -0.05) is 0 Å². The third kappa shape index (κ3) is 4.14. The zero-order valence-electron chi connectivity index (χ0n) is 11.2. The molecule has 1 aliphatic heterocycles. The van der Waals surface area contributed by atoms with Crippen LogP contribution in [0.5, 0.6) is 0 Å². The van der Waals surface area contributed by atoms with E-state index in [4.69, 9.17) is 0 Å². The molecule has 0 radical (unpaired) electrons. The minimum Gasteiger partial charge on any atom is -0.370 e. The van der Waals surface area contributed by atoms with Crippen LogP contribution in [0.4, 0.5) is 11.6 Å². The van der Waals surface area contributed by atoms with E-state index in [1.165, 1.54) is 12.8 Å². The Kier molecular flexibility index (Phi) is 4.75. The first-order valence-corrected chi connectivity index (χ1v) is 6.77. The van der Waals surface area contributed by atoms with Crippen LogP contribution in [0.15, 0.2) is 12.4 Å². The molecule has 0 aromatic carbocycles. The topological polar surface area (TPSA) is 61.9 Å². The lowest BCUT2D eigenvalue weighted by Crippen LogP contribution is -2.31. The Balaban J connectivity index is 1.84. The van der Waals surface area contributed by atoms with E-state index in [2.05, 4.69) is 39.8 Å². The van der Waals surface area contributed by atoms with Crippen LogP contribution >= 0.6 is 0 Å². The molecule has 2 heterocycles. The summed E-state index contributed by atoms with van der Waals surface area (Å²) in [6.45, 7) is 7.47. The summed E-state index contributed by atoms with van der Waals surface area (Å²) in [7, 11) is 0. The molecule has 1 aromatic heterocycles. The van der Waals surface area contributed by atoms with Crippen molar-refractivity contribution in [3.8, 4) is 0 Å². The summed E-state index contributed by atoms with van der Waals surface area (Å²) < 4.78 is 0. The number of hydrogen-bond acceptors (Lipinski definition) is 5. The fourth-order valence-corrected chi connectivity index (χ4v) is 2.16. The average Bonchev–Trinajstić information content (AvgIpc) is 2.37. The quantitative estimate of drug-likeness (QED) is 0.741. The molecule has 5 nitrogen and oxygen atoms in total. The third-order valence-corrected chi connectivity index (χ3v) is 3.13. The maximum Gasteiger partial charge on any atom is 0.131 e. The molecule has 18 heavy (non-hydrogen) atoms. The van der Waals surface area contributed by atoms with Crippen LogP contribution in [0.1, 0.15) is 26.7 Å². The smallest absolute Gasteiger partial charge is 0.131 e. The van der Waals surface area contributed by atoms with Crippen LogP contribution < -0.4 is 16.0 Å². The predicted molar refractivity (Wildman–Crippen MR) is 74.9 cm³/mol. The molecule has 100 valence electrons. The normalized spacial score (nSPS) is 16.8. The van der Waals surface area contributed by atoms with Gasteiger partial charge in [-0.05, 0) is 45.7 Å². The second-order valence-corrected chi connectivity index (χ2v) is 5.16. The Hall–Kier alpha value is -1.36. The monoisotopic (exact) mass is 249 g/mol. The van der Waals surface area contributed by atoms with Crippen LogP contribution in [-0.4, -0.2) is 35.6 Å². The Morgan fingerprint density at radius 1 is 1.28 bits per heavy atom. The highest BCUT2D eigenvalue weighted by atomic mass is 15.1. The molecular formula is C13H23N5. The summed E-state index contributed by atoms with van der Waals surface area (Å²) >= 11 is 0. The van der Waals surface area contributed by atoms with Crippen LogP contribution in [0, 0.1) is 5.92 Å². The molecule has 0 spiro atoms. The van der Waals surface area contributed by atoms with Gasteiger partial charge in [-0.15, -0.1) is 0 Å². The van der Waals surface area contributed by atoms with E-state index >= 15 is 0 Å². The van der Waals surface area contributed by atoms with E-state index < -0.39 is 0 Å². The van der Waals surface area contributed by atoms with Gasteiger partial charge in [0.25, 0.3) is 0 Å². The van der Waals surface area contributed by atoms with Gasteiger partial charge in [0.2, 0.25) is 0 Å². The number of nitrogens with one attached hydrogen (secondary N) is 3. The van der Waals surface area contributed by atoms with Crippen molar-refractivity contribution in [2.45, 2.75) is 32.7 Å². The molecule has 3 N–H and O–H groups in total. The van der Waals surface area contributed by atoms with Crippen molar-refractivity contribution in [3.05, 3.63) is 12.4 Å². The predicted octanol–water partition coefficient (Wildman–Crippen LogP) is 1.71. The van der Waals surface area contributed by atoms with Crippen molar-refractivity contribution in [1.82, 2.24) is 15.3 Å². The van der Waals surface area contributed by atoms with Gasteiger partial charge in [0.1, 0.15) is 18.0 Å². The van der Waals surface area contributed by atoms with Gasteiger partial charge in [-0.2, -0.15) is 0 Å². The number of nitrogens with zero attached hydrogens (tertiary/aromatic N) is 2. The molecule has 0 bridgehead atoms. The molecule has 0 unspecified atom stereocenters. The highest BCUT2D eigenvalue weighted by Gasteiger charge is 2.12. The minimum absolute atomic E-state index is 0.386. The van der Waals surface area contributed by atoms with Crippen LogP contribution in [0.2, 0.25) is 0 Å². The highest BCUT2D eigenvalue weighted by Crippen LogP contribution is 2.14. The zero-order valence-corrected chi connectivity index (χ0v) is 11.2. The number of anilines is 2. The molecule has 5 heteroatoms. The first-order chi connectivity index (χ1) is 8.74. The van der Waals surface area contributed by atoms with Gasteiger partial charge in [-0.25, -0.2) is 9.97 Å². The molecule has 1 saturated heterocycles. The summed E-state index contributed by atoms with van der Waals surface area (Å²) in [6, 6.07) is 2.36. The van der Waals surface area contributed by atoms with E-state index in [9.17, 15) is 0 Å². The molecule has 1 aromatic rings. The van der Waals surface area contributed by atoms with Gasteiger partial charge in [-0.3, -0.25) is 0 Å². The maximum atomic E-state index is 4.25. The molecule has 1 aliphatic rings. The number of rotatable bonds is 5. The van der Waals surface area contributed by atoms with Crippen molar-refractivity contribution in [2.24, 2.45) is 5.92 Å². The summed E-state index contributed by atoms with van der Waals surface area (Å²) in [5.41, 5.74) is 0. The number of hydrogen-bond donors (Lipinski definition) is 3. The van der Waals surface area contributed by atoms with E-state index in [0.717, 1.165) is 37.2 Å². The molecule has 0 saturated carbocycles. The van der Waals surface area contributed by atoms with Gasteiger partial charge >= 0.3 is 0 Å². The van der Waals surface area contributed by atoms with Crippen LogP contribution in [0.25, 0.3) is 0 Å². The Morgan fingerprint density at radius 3 is 2.72 bits per heavy atom. The van der Waals surface area contributed by atoms with Gasteiger partial charge < -0.3 is 16.0 Å². The summed E-state index contributed by atoms with van der Waals surface area (Å²) in [5, 5.41) is 10.1. The lowest BCUT2D eigenvalue weighted by Gasteiger charge is -2.23. The van der Waals surface area contributed by atoms with Crippen molar-refractivity contribution in [2.75, 3.05) is 30.3 Å². The van der Waals surface area contributed by atoms with Crippen molar-refractivity contribution in [3.63, 3.8) is 0 Å². The molecule has 2 rings (SSSR count). The number of aromatic nitrogens is 2. The van der Waals surface area contributed by atoms with Gasteiger partial charge in [0, 0.05) is 18.7 Å². The Labute approximate surface area is 109 Å². The SMILES string of the molecule is CC(C)Nc1cc(NCC2CCNCC2)ncn1. The summed E-state index contributed by atoms with van der Waals surface area (Å²) in [4.78, 5) is 8.46. The lowest BCUT2D eigenvalue weighted by atomic mass is 9.98. The van der Waals surface area contributed by atoms with Crippen molar-refractivity contribution < 1.29 is 0 Å². The average molecular weight is 249 g/mol. The third-order valence-electron chi connectivity index (χ3n) is 3.13. The van der Waals surface area contributed by atoms with E-state index in [1.807, 2.05) is 6.07 Å². The largest absolute Gasteiger partial charge is 0.370 e. The second kappa shape index (κ2) is 6.54. The van der Waals surface area contributed by atoms with E-state index in [-0.39, 0.29) is 0 Å². The van der Waals surface area contributed by atoms with Crippen molar-refractivity contribution >= 4 is 11.6 Å². The molecule has 0 atom stereocenters. The highest BCUT2D eigenvalue weighted by molar-refractivity contribution is 5.46.